The molecule has 0 aromatic rings. The monoisotopic (exact) mass is 293 g/mol. The highest BCUT2D eigenvalue weighted by Crippen LogP contribution is 2.30. The van der Waals surface area contributed by atoms with Crippen LogP contribution in [0.1, 0.15) is 51.9 Å². The van der Waals surface area contributed by atoms with Gasteiger partial charge in [-0.05, 0) is 38.0 Å². The Morgan fingerprint density at radius 2 is 1.67 bits per heavy atom. The highest BCUT2D eigenvalue weighted by molar-refractivity contribution is 5.79. The van der Waals surface area contributed by atoms with Gasteiger partial charge in [0.25, 0.3) is 0 Å². The van der Waals surface area contributed by atoms with E-state index in [1.807, 2.05) is 0 Å². The highest BCUT2D eigenvalue weighted by atomic mass is 16.2. The van der Waals surface area contributed by atoms with E-state index in [0.29, 0.717) is 11.8 Å². The van der Waals surface area contributed by atoms with E-state index < -0.39 is 0 Å². The summed E-state index contributed by atoms with van der Waals surface area (Å²) >= 11 is 0. The maximum Gasteiger partial charge on any atom is 0.227 e. The lowest BCUT2D eigenvalue weighted by Crippen LogP contribution is -2.55. The van der Waals surface area contributed by atoms with Gasteiger partial charge in [0.15, 0.2) is 0 Å². The number of nitrogens with zero attached hydrogens (tertiary/aromatic N) is 2. The number of nitrogens with two attached hydrogens (primary N) is 1. The van der Waals surface area contributed by atoms with Crippen LogP contribution in [0.4, 0.5) is 0 Å². The first kappa shape index (κ1) is 15.3. The number of carbonyl (C=O) groups is 1. The molecule has 1 heterocycles. The third-order valence-corrected chi connectivity index (χ3v) is 5.95. The number of hydrogen-bond donors (Lipinski definition) is 1. The zero-order valence-corrected chi connectivity index (χ0v) is 13.5. The second-order valence-corrected chi connectivity index (χ2v) is 7.49. The first-order valence-corrected chi connectivity index (χ1v) is 8.93. The van der Waals surface area contributed by atoms with Crippen LogP contribution in [0.2, 0.25) is 0 Å². The van der Waals surface area contributed by atoms with Crippen LogP contribution in [-0.4, -0.2) is 54.0 Å². The second-order valence-electron chi connectivity index (χ2n) is 7.49. The van der Waals surface area contributed by atoms with Crippen molar-refractivity contribution in [3.63, 3.8) is 0 Å². The molecule has 0 bridgehead atoms. The highest BCUT2D eigenvalue weighted by Gasteiger charge is 2.36. The van der Waals surface area contributed by atoms with E-state index in [-0.39, 0.29) is 12.0 Å². The molecule has 0 aromatic carbocycles. The summed E-state index contributed by atoms with van der Waals surface area (Å²) in [5.74, 6) is 1.06. The van der Waals surface area contributed by atoms with Gasteiger partial charge in [0, 0.05) is 38.3 Å². The van der Waals surface area contributed by atoms with Crippen LogP contribution in [0.3, 0.4) is 0 Å². The zero-order chi connectivity index (χ0) is 14.8. The van der Waals surface area contributed by atoms with Crippen LogP contribution in [0, 0.1) is 11.8 Å². The molecule has 4 nitrogen and oxygen atoms in total. The Labute approximate surface area is 129 Å². The Bertz CT molecular complexity index is 359. The van der Waals surface area contributed by atoms with Crippen molar-refractivity contribution < 1.29 is 4.79 Å². The van der Waals surface area contributed by atoms with Gasteiger partial charge < -0.3 is 10.6 Å². The quantitative estimate of drug-likeness (QED) is 0.845. The van der Waals surface area contributed by atoms with Crippen molar-refractivity contribution in [3.05, 3.63) is 0 Å². The van der Waals surface area contributed by atoms with Crippen molar-refractivity contribution in [1.82, 2.24) is 9.80 Å². The number of rotatable bonds is 2. The lowest BCUT2D eigenvalue weighted by atomic mass is 9.78. The molecule has 0 aromatic heterocycles. The largest absolute Gasteiger partial charge is 0.340 e. The predicted molar refractivity (Wildman–Crippen MR) is 84.9 cm³/mol. The first-order valence-electron chi connectivity index (χ1n) is 8.93. The van der Waals surface area contributed by atoms with E-state index in [9.17, 15) is 4.79 Å². The molecular formula is C17H31N3O. The predicted octanol–water partition coefficient (Wildman–Crippen LogP) is 1.84. The third-order valence-electron chi connectivity index (χ3n) is 5.95. The van der Waals surface area contributed by atoms with E-state index in [1.165, 1.54) is 32.1 Å². The Morgan fingerprint density at radius 3 is 2.33 bits per heavy atom. The molecule has 21 heavy (non-hydrogen) atoms. The van der Waals surface area contributed by atoms with Gasteiger partial charge in [-0.2, -0.15) is 0 Å². The Kier molecular flexibility index (Phi) is 4.85. The second kappa shape index (κ2) is 6.66. The smallest absolute Gasteiger partial charge is 0.227 e. The molecule has 4 heteroatoms. The summed E-state index contributed by atoms with van der Waals surface area (Å²) in [6.45, 7) is 6.20. The van der Waals surface area contributed by atoms with Gasteiger partial charge in [-0.15, -0.1) is 0 Å². The van der Waals surface area contributed by atoms with Gasteiger partial charge >= 0.3 is 0 Å². The fraction of sp³-hybridized carbons (Fsp3) is 0.941. The average molecular weight is 293 g/mol. The standard InChI is InChI=1S/C17H31N3O/c1-13-6-7-16(18)15(12-13)17(21)20-10-8-19(9-11-20)14-4-2-3-5-14/h13-16H,2-12,18H2,1H3. The van der Waals surface area contributed by atoms with E-state index in [1.54, 1.807) is 0 Å². The molecule has 1 saturated heterocycles. The van der Waals surface area contributed by atoms with Gasteiger partial charge in [-0.3, -0.25) is 9.69 Å². The maximum atomic E-state index is 12.8. The molecule has 0 radical (unpaired) electrons. The van der Waals surface area contributed by atoms with E-state index in [0.717, 1.165) is 45.1 Å². The molecule has 2 aliphatic carbocycles. The summed E-state index contributed by atoms with van der Waals surface area (Å²) in [5.41, 5.74) is 6.22. The van der Waals surface area contributed by atoms with Crippen molar-refractivity contribution in [1.29, 1.82) is 0 Å². The topological polar surface area (TPSA) is 49.6 Å². The molecule has 1 aliphatic heterocycles. The molecule has 2 saturated carbocycles. The Morgan fingerprint density at radius 1 is 1.00 bits per heavy atom. The fourth-order valence-corrected chi connectivity index (χ4v) is 4.50. The molecule has 3 aliphatic rings. The Balaban J connectivity index is 1.52. The SMILES string of the molecule is CC1CCC(N)C(C(=O)N2CCN(C3CCCC3)CC2)C1. The summed E-state index contributed by atoms with van der Waals surface area (Å²) in [4.78, 5) is 17.5. The fourth-order valence-electron chi connectivity index (χ4n) is 4.50. The van der Waals surface area contributed by atoms with Crippen molar-refractivity contribution >= 4 is 5.91 Å². The summed E-state index contributed by atoms with van der Waals surface area (Å²) in [5, 5.41) is 0. The molecule has 3 unspecified atom stereocenters. The molecule has 0 spiro atoms. The van der Waals surface area contributed by atoms with Gasteiger partial charge in [0.05, 0.1) is 5.92 Å². The van der Waals surface area contributed by atoms with Crippen molar-refractivity contribution in [2.24, 2.45) is 17.6 Å². The van der Waals surface area contributed by atoms with Crippen molar-refractivity contribution in [2.45, 2.75) is 64.0 Å². The lowest BCUT2D eigenvalue weighted by Gasteiger charge is -2.41. The first-order chi connectivity index (χ1) is 10.1. The minimum Gasteiger partial charge on any atom is -0.340 e. The van der Waals surface area contributed by atoms with Gasteiger partial charge in [-0.25, -0.2) is 0 Å². The minimum atomic E-state index is 0.0757. The van der Waals surface area contributed by atoms with Crippen molar-refractivity contribution in [2.75, 3.05) is 26.2 Å². The van der Waals surface area contributed by atoms with Crippen LogP contribution in [0.15, 0.2) is 0 Å². The molecule has 3 rings (SSSR count). The molecule has 2 N–H and O–H groups in total. The van der Waals surface area contributed by atoms with Crippen LogP contribution in [-0.2, 0) is 4.79 Å². The van der Waals surface area contributed by atoms with E-state index in [2.05, 4.69) is 16.7 Å². The van der Waals surface area contributed by atoms with Gasteiger partial charge in [0.1, 0.15) is 0 Å². The van der Waals surface area contributed by atoms with Crippen LogP contribution in [0.25, 0.3) is 0 Å². The summed E-state index contributed by atoms with van der Waals surface area (Å²) in [6.07, 6.45) is 8.68. The van der Waals surface area contributed by atoms with E-state index >= 15 is 0 Å². The molecule has 3 atom stereocenters. The minimum absolute atomic E-state index is 0.0757. The summed E-state index contributed by atoms with van der Waals surface area (Å²) < 4.78 is 0. The third kappa shape index (κ3) is 3.42. The van der Waals surface area contributed by atoms with Crippen molar-refractivity contribution in [3.8, 4) is 0 Å². The van der Waals surface area contributed by atoms with Gasteiger partial charge in [-0.1, -0.05) is 19.8 Å². The lowest BCUT2D eigenvalue weighted by molar-refractivity contribution is -0.139. The maximum absolute atomic E-state index is 12.8. The average Bonchev–Trinajstić information content (AvgIpc) is 3.03. The molecule has 3 fully saturated rings. The van der Waals surface area contributed by atoms with Gasteiger partial charge in [0.2, 0.25) is 5.91 Å². The number of piperazine rings is 1. The number of hydrogen-bond acceptors (Lipinski definition) is 3. The van der Waals surface area contributed by atoms with E-state index in [4.69, 9.17) is 5.73 Å². The summed E-state index contributed by atoms with van der Waals surface area (Å²) in [6, 6.07) is 0.876. The number of amides is 1. The number of carbonyl (C=O) groups excluding carboxylic acids is 1. The van der Waals surface area contributed by atoms with Crippen LogP contribution in [0.5, 0.6) is 0 Å². The zero-order valence-electron chi connectivity index (χ0n) is 13.5. The normalized spacial score (nSPS) is 36.1. The molecule has 120 valence electrons. The molecule has 1 amide bonds. The summed E-state index contributed by atoms with van der Waals surface area (Å²) in [7, 11) is 0. The van der Waals surface area contributed by atoms with Crippen LogP contribution >= 0.6 is 0 Å². The molecular weight excluding hydrogens is 262 g/mol. The van der Waals surface area contributed by atoms with Crippen LogP contribution < -0.4 is 5.73 Å². The Hall–Kier alpha value is -0.610.